The van der Waals surface area contributed by atoms with Crippen molar-refractivity contribution in [1.82, 2.24) is 14.5 Å². The number of aromatic amines is 1. The van der Waals surface area contributed by atoms with Gasteiger partial charge < -0.3 is 14.6 Å². The molecule has 0 radical (unpaired) electrons. The van der Waals surface area contributed by atoms with E-state index in [1.807, 2.05) is 33.7 Å². The summed E-state index contributed by atoms with van der Waals surface area (Å²) < 4.78 is 6.97. The van der Waals surface area contributed by atoms with Crippen LogP contribution >= 0.6 is 0 Å². The highest BCUT2D eigenvalue weighted by atomic mass is 16.5. The average Bonchev–Trinajstić information content (AvgIpc) is 3.03. The van der Waals surface area contributed by atoms with E-state index in [4.69, 9.17) is 4.74 Å². The number of piperidine rings is 1. The first-order valence-electron chi connectivity index (χ1n) is 8.80. The SMILES string of the molecule is COc1ccc(C(=O)N2CCC(n3c(=O)[nH]c4ccccc43)CC2)cc1. The third-order valence-electron chi connectivity index (χ3n) is 5.08. The second-order valence-electron chi connectivity index (χ2n) is 6.57. The lowest BCUT2D eigenvalue weighted by Crippen LogP contribution is -2.40. The van der Waals surface area contributed by atoms with Crippen LogP contribution in [0.4, 0.5) is 0 Å². The van der Waals surface area contributed by atoms with Crippen molar-refractivity contribution >= 4 is 16.9 Å². The highest BCUT2D eigenvalue weighted by Gasteiger charge is 2.26. The van der Waals surface area contributed by atoms with Crippen molar-refractivity contribution in [2.45, 2.75) is 18.9 Å². The van der Waals surface area contributed by atoms with Gasteiger partial charge in [-0.2, -0.15) is 0 Å². The van der Waals surface area contributed by atoms with Gasteiger partial charge in [-0.3, -0.25) is 9.36 Å². The zero-order valence-electron chi connectivity index (χ0n) is 14.6. The van der Waals surface area contributed by atoms with Crippen LogP contribution in [0.1, 0.15) is 29.2 Å². The third-order valence-corrected chi connectivity index (χ3v) is 5.08. The Morgan fingerprint density at radius 1 is 1.08 bits per heavy atom. The molecule has 3 aromatic rings. The second-order valence-corrected chi connectivity index (χ2v) is 6.57. The smallest absolute Gasteiger partial charge is 0.326 e. The molecule has 1 saturated heterocycles. The Labute approximate surface area is 151 Å². The molecule has 1 aliphatic rings. The number of benzene rings is 2. The molecule has 1 fully saturated rings. The number of amides is 1. The molecule has 0 spiro atoms. The molecule has 2 aromatic carbocycles. The summed E-state index contributed by atoms with van der Waals surface area (Å²) in [7, 11) is 1.61. The summed E-state index contributed by atoms with van der Waals surface area (Å²) >= 11 is 0. The fourth-order valence-electron chi connectivity index (χ4n) is 3.68. The number of rotatable bonds is 3. The number of ether oxygens (including phenoxy) is 1. The van der Waals surface area contributed by atoms with Crippen molar-refractivity contribution in [2.75, 3.05) is 20.2 Å². The number of carbonyl (C=O) groups is 1. The number of methoxy groups -OCH3 is 1. The zero-order valence-corrected chi connectivity index (χ0v) is 14.6. The van der Waals surface area contributed by atoms with Crippen LogP contribution < -0.4 is 10.4 Å². The third kappa shape index (κ3) is 2.87. The minimum atomic E-state index is -0.0777. The molecule has 0 saturated carbocycles. The molecule has 0 aliphatic carbocycles. The Morgan fingerprint density at radius 3 is 2.46 bits per heavy atom. The molecular weight excluding hydrogens is 330 g/mol. The maximum Gasteiger partial charge on any atom is 0.326 e. The molecule has 6 nitrogen and oxygen atoms in total. The average molecular weight is 351 g/mol. The van der Waals surface area contributed by atoms with E-state index in [-0.39, 0.29) is 17.6 Å². The van der Waals surface area contributed by atoms with Gasteiger partial charge in [0.15, 0.2) is 0 Å². The Morgan fingerprint density at radius 2 is 1.77 bits per heavy atom. The van der Waals surface area contributed by atoms with Crippen LogP contribution in [-0.2, 0) is 0 Å². The van der Waals surface area contributed by atoms with Gasteiger partial charge in [0.05, 0.1) is 18.1 Å². The standard InChI is InChI=1S/C20H21N3O3/c1-26-16-8-6-14(7-9-16)19(24)22-12-10-15(11-13-22)23-18-5-3-2-4-17(18)21-20(23)25/h2-9,15H,10-13H2,1H3,(H,21,25). The molecule has 0 atom stereocenters. The highest BCUT2D eigenvalue weighted by Crippen LogP contribution is 2.26. The molecule has 0 bridgehead atoms. The highest BCUT2D eigenvalue weighted by molar-refractivity contribution is 5.94. The lowest BCUT2D eigenvalue weighted by molar-refractivity contribution is 0.0695. The van der Waals surface area contributed by atoms with Gasteiger partial charge in [0.2, 0.25) is 0 Å². The summed E-state index contributed by atoms with van der Waals surface area (Å²) in [6, 6.07) is 15.0. The minimum Gasteiger partial charge on any atom is -0.497 e. The number of H-pyrrole nitrogens is 1. The number of carbonyl (C=O) groups excluding carboxylic acids is 1. The number of nitrogens with zero attached hydrogens (tertiary/aromatic N) is 2. The molecule has 26 heavy (non-hydrogen) atoms. The summed E-state index contributed by atoms with van der Waals surface area (Å²) in [4.78, 5) is 29.8. The number of likely N-dealkylation sites (tertiary alicyclic amines) is 1. The van der Waals surface area contributed by atoms with E-state index in [0.29, 0.717) is 18.7 Å². The van der Waals surface area contributed by atoms with Gasteiger partial charge in [-0.1, -0.05) is 12.1 Å². The summed E-state index contributed by atoms with van der Waals surface area (Å²) in [6.45, 7) is 1.28. The Kier molecular flexibility index (Phi) is 4.24. The molecule has 1 N–H and O–H groups in total. The second kappa shape index (κ2) is 6.71. The van der Waals surface area contributed by atoms with Crippen LogP contribution in [0.25, 0.3) is 11.0 Å². The number of aromatic nitrogens is 2. The van der Waals surface area contributed by atoms with Crippen LogP contribution in [0.5, 0.6) is 5.75 Å². The van der Waals surface area contributed by atoms with Crippen molar-refractivity contribution in [1.29, 1.82) is 0 Å². The molecular formula is C20H21N3O3. The normalized spacial score (nSPS) is 15.3. The van der Waals surface area contributed by atoms with Crippen LogP contribution in [0.15, 0.2) is 53.3 Å². The van der Waals surface area contributed by atoms with Crippen LogP contribution in [0.3, 0.4) is 0 Å². The van der Waals surface area contributed by atoms with E-state index in [1.165, 1.54) is 0 Å². The number of nitrogens with one attached hydrogen (secondary N) is 1. The molecule has 134 valence electrons. The molecule has 0 unspecified atom stereocenters. The van der Waals surface area contributed by atoms with Crippen molar-refractivity contribution < 1.29 is 9.53 Å². The first-order valence-corrected chi connectivity index (χ1v) is 8.80. The molecule has 1 aliphatic heterocycles. The first kappa shape index (κ1) is 16.4. The van der Waals surface area contributed by atoms with Gasteiger partial charge in [0.25, 0.3) is 5.91 Å². The fourth-order valence-corrected chi connectivity index (χ4v) is 3.68. The number of hydrogen-bond donors (Lipinski definition) is 1. The van der Waals surface area contributed by atoms with E-state index in [1.54, 1.807) is 31.4 Å². The quantitative estimate of drug-likeness (QED) is 0.789. The van der Waals surface area contributed by atoms with Gasteiger partial charge in [-0.25, -0.2) is 4.79 Å². The maximum absolute atomic E-state index is 12.7. The predicted molar refractivity (Wildman–Crippen MR) is 99.7 cm³/mol. The number of hydrogen-bond acceptors (Lipinski definition) is 3. The van der Waals surface area contributed by atoms with E-state index in [9.17, 15) is 9.59 Å². The van der Waals surface area contributed by atoms with Crippen molar-refractivity contribution in [3.8, 4) is 5.75 Å². The molecule has 6 heteroatoms. The van der Waals surface area contributed by atoms with Gasteiger partial charge in [-0.05, 0) is 49.2 Å². The largest absolute Gasteiger partial charge is 0.497 e. The van der Waals surface area contributed by atoms with Gasteiger partial charge in [0.1, 0.15) is 5.75 Å². The fraction of sp³-hybridized carbons (Fsp3) is 0.300. The number of para-hydroxylation sites is 2. The lowest BCUT2D eigenvalue weighted by Gasteiger charge is -2.32. The van der Waals surface area contributed by atoms with Crippen LogP contribution in [0, 0.1) is 0 Å². The van der Waals surface area contributed by atoms with Gasteiger partial charge in [-0.15, -0.1) is 0 Å². The first-order chi connectivity index (χ1) is 12.7. The van der Waals surface area contributed by atoms with Gasteiger partial charge in [0, 0.05) is 24.7 Å². The van der Waals surface area contributed by atoms with E-state index in [2.05, 4.69) is 4.98 Å². The predicted octanol–water partition coefficient (Wildman–Crippen LogP) is 2.82. The van der Waals surface area contributed by atoms with Gasteiger partial charge >= 0.3 is 5.69 Å². The Hall–Kier alpha value is -3.02. The summed E-state index contributed by atoms with van der Waals surface area (Å²) in [6.07, 6.45) is 1.54. The number of imidazole rings is 1. The summed E-state index contributed by atoms with van der Waals surface area (Å²) in [5.41, 5.74) is 2.37. The van der Waals surface area contributed by atoms with Crippen LogP contribution in [-0.4, -0.2) is 40.6 Å². The summed E-state index contributed by atoms with van der Waals surface area (Å²) in [5, 5.41) is 0. The molecule has 1 aromatic heterocycles. The van der Waals surface area contributed by atoms with E-state index in [0.717, 1.165) is 29.6 Å². The monoisotopic (exact) mass is 351 g/mol. The van der Waals surface area contributed by atoms with Crippen molar-refractivity contribution in [3.63, 3.8) is 0 Å². The zero-order chi connectivity index (χ0) is 18.1. The van der Waals surface area contributed by atoms with E-state index < -0.39 is 0 Å². The van der Waals surface area contributed by atoms with E-state index >= 15 is 0 Å². The maximum atomic E-state index is 12.7. The number of fused-ring (bicyclic) bond motifs is 1. The van der Waals surface area contributed by atoms with Crippen molar-refractivity contribution in [3.05, 3.63) is 64.6 Å². The van der Waals surface area contributed by atoms with Crippen LogP contribution in [0.2, 0.25) is 0 Å². The molecule has 4 rings (SSSR count). The molecule has 1 amide bonds. The summed E-state index contributed by atoms with van der Waals surface area (Å²) in [5.74, 6) is 0.761. The van der Waals surface area contributed by atoms with Crippen molar-refractivity contribution in [2.24, 2.45) is 0 Å². The Balaban J connectivity index is 1.49. The molecule has 2 heterocycles. The topological polar surface area (TPSA) is 67.3 Å². The minimum absolute atomic E-state index is 0.0253. The lowest BCUT2D eigenvalue weighted by atomic mass is 10.0. The Bertz CT molecular complexity index is 979.